The Morgan fingerprint density at radius 3 is 2.70 bits per heavy atom. The highest BCUT2D eigenvalue weighted by molar-refractivity contribution is 9.09. The molecule has 58 valence electrons. The number of rotatable bonds is 1. The summed E-state index contributed by atoms with van der Waals surface area (Å²) in [5.41, 5.74) is 0. The largest absolute Gasteiger partial charge is 0.469 e. The van der Waals surface area contributed by atoms with Crippen LogP contribution in [0.25, 0.3) is 0 Å². The first-order chi connectivity index (χ1) is 4.74. The van der Waals surface area contributed by atoms with E-state index in [4.69, 9.17) is 0 Å². The monoisotopic (exact) mass is 206 g/mol. The Bertz CT molecular complexity index is 136. The van der Waals surface area contributed by atoms with Gasteiger partial charge in [-0.3, -0.25) is 4.79 Å². The topological polar surface area (TPSA) is 26.3 Å². The van der Waals surface area contributed by atoms with E-state index in [2.05, 4.69) is 20.7 Å². The van der Waals surface area contributed by atoms with Crippen molar-refractivity contribution < 1.29 is 9.53 Å². The molecule has 1 saturated carbocycles. The second-order valence-corrected chi connectivity index (χ2v) is 3.93. The summed E-state index contributed by atoms with van der Waals surface area (Å²) < 4.78 is 4.62. The van der Waals surface area contributed by atoms with Crippen molar-refractivity contribution in [1.82, 2.24) is 0 Å². The van der Waals surface area contributed by atoms with E-state index in [0.717, 1.165) is 19.3 Å². The Kier molecular flexibility index (Phi) is 2.72. The van der Waals surface area contributed by atoms with Gasteiger partial charge in [0.05, 0.1) is 13.0 Å². The summed E-state index contributed by atoms with van der Waals surface area (Å²) >= 11 is 3.47. The number of hydrogen-bond acceptors (Lipinski definition) is 2. The van der Waals surface area contributed by atoms with Crippen molar-refractivity contribution in [2.45, 2.75) is 24.1 Å². The Labute approximate surface area is 69.1 Å². The third-order valence-electron chi connectivity index (χ3n) is 1.90. The van der Waals surface area contributed by atoms with Crippen LogP contribution in [0.4, 0.5) is 0 Å². The SMILES string of the molecule is COC(=O)C1CCC(Br)C1. The van der Waals surface area contributed by atoms with E-state index in [1.807, 2.05) is 0 Å². The van der Waals surface area contributed by atoms with Crippen LogP contribution in [0, 0.1) is 5.92 Å². The molecule has 0 spiro atoms. The van der Waals surface area contributed by atoms with Gasteiger partial charge in [0, 0.05) is 4.83 Å². The molecule has 0 heterocycles. The number of alkyl halides is 1. The van der Waals surface area contributed by atoms with Gasteiger partial charge >= 0.3 is 5.97 Å². The van der Waals surface area contributed by atoms with Gasteiger partial charge in [-0.15, -0.1) is 0 Å². The molecule has 1 rings (SSSR count). The van der Waals surface area contributed by atoms with Crippen LogP contribution in [0.2, 0.25) is 0 Å². The van der Waals surface area contributed by atoms with E-state index in [0.29, 0.717) is 4.83 Å². The van der Waals surface area contributed by atoms with E-state index >= 15 is 0 Å². The van der Waals surface area contributed by atoms with Gasteiger partial charge in [-0.05, 0) is 19.3 Å². The first-order valence-electron chi connectivity index (χ1n) is 3.46. The Hall–Kier alpha value is -0.0500. The lowest BCUT2D eigenvalue weighted by atomic mass is 10.1. The molecule has 0 amide bonds. The van der Waals surface area contributed by atoms with Gasteiger partial charge in [0.2, 0.25) is 0 Å². The summed E-state index contributed by atoms with van der Waals surface area (Å²) in [4.78, 5) is 11.4. The second kappa shape index (κ2) is 3.37. The molecule has 0 saturated heterocycles. The summed E-state index contributed by atoms with van der Waals surface area (Å²) in [5, 5.41) is 0. The predicted molar refractivity (Wildman–Crippen MR) is 42.1 cm³/mol. The lowest BCUT2D eigenvalue weighted by molar-refractivity contribution is -0.145. The van der Waals surface area contributed by atoms with Gasteiger partial charge in [0.25, 0.3) is 0 Å². The maximum Gasteiger partial charge on any atom is 0.308 e. The molecule has 0 N–H and O–H groups in total. The lowest BCUT2D eigenvalue weighted by Crippen LogP contribution is -2.12. The van der Waals surface area contributed by atoms with Gasteiger partial charge in [-0.25, -0.2) is 0 Å². The van der Waals surface area contributed by atoms with Crippen LogP contribution in [0.15, 0.2) is 0 Å². The first-order valence-corrected chi connectivity index (χ1v) is 4.37. The molecule has 0 aliphatic heterocycles. The Morgan fingerprint density at radius 2 is 2.30 bits per heavy atom. The number of esters is 1. The number of hydrogen-bond donors (Lipinski definition) is 0. The lowest BCUT2D eigenvalue weighted by Gasteiger charge is -2.04. The zero-order chi connectivity index (χ0) is 7.56. The van der Waals surface area contributed by atoms with E-state index < -0.39 is 0 Å². The van der Waals surface area contributed by atoms with E-state index in [-0.39, 0.29) is 11.9 Å². The molecule has 2 nitrogen and oxygen atoms in total. The van der Waals surface area contributed by atoms with Gasteiger partial charge in [0.1, 0.15) is 0 Å². The molecular formula is C7H11BrO2. The van der Waals surface area contributed by atoms with Crippen molar-refractivity contribution in [2.75, 3.05) is 7.11 Å². The van der Waals surface area contributed by atoms with Crippen molar-refractivity contribution in [3.8, 4) is 0 Å². The quantitative estimate of drug-likeness (QED) is 0.483. The molecule has 0 aromatic heterocycles. The van der Waals surface area contributed by atoms with Gasteiger partial charge in [-0.1, -0.05) is 15.9 Å². The normalized spacial score (nSPS) is 32.2. The number of ether oxygens (including phenoxy) is 1. The zero-order valence-electron chi connectivity index (χ0n) is 5.97. The molecule has 10 heavy (non-hydrogen) atoms. The molecule has 0 radical (unpaired) electrons. The minimum absolute atomic E-state index is 0.0537. The van der Waals surface area contributed by atoms with Gasteiger partial charge < -0.3 is 4.74 Å². The molecule has 1 fully saturated rings. The summed E-state index contributed by atoms with van der Waals surface area (Å²) in [7, 11) is 1.45. The zero-order valence-corrected chi connectivity index (χ0v) is 7.56. The van der Waals surface area contributed by atoms with Crippen molar-refractivity contribution >= 4 is 21.9 Å². The fraction of sp³-hybridized carbons (Fsp3) is 0.857. The average Bonchev–Trinajstić information content (AvgIpc) is 2.34. The average molecular weight is 207 g/mol. The molecule has 0 aromatic rings. The summed E-state index contributed by atoms with van der Waals surface area (Å²) in [5.74, 6) is 0.0938. The van der Waals surface area contributed by atoms with Crippen LogP contribution >= 0.6 is 15.9 Å². The van der Waals surface area contributed by atoms with Crippen LogP contribution in [-0.2, 0) is 9.53 Å². The minimum atomic E-state index is -0.0537. The van der Waals surface area contributed by atoms with E-state index in [9.17, 15) is 4.79 Å². The van der Waals surface area contributed by atoms with Gasteiger partial charge in [0.15, 0.2) is 0 Å². The van der Waals surface area contributed by atoms with Gasteiger partial charge in [-0.2, -0.15) is 0 Å². The number of halogens is 1. The standard InChI is InChI=1S/C7H11BrO2/c1-10-7(9)5-2-3-6(8)4-5/h5-6H,2-4H2,1H3. The highest BCUT2D eigenvalue weighted by Crippen LogP contribution is 2.31. The molecule has 1 aliphatic rings. The van der Waals surface area contributed by atoms with Crippen molar-refractivity contribution in [2.24, 2.45) is 5.92 Å². The smallest absolute Gasteiger partial charge is 0.308 e. The highest BCUT2D eigenvalue weighted by Gasteiger charge is 2.28. The summed E-state index contributed by atoms with van der Waals surface area (Å²) in [6.07, 6.45) is 3.01. The van der Waals surface area contributed by atoms with Crippen LogP contribution in [0.3, 0.4) is 0 Å². The molecule has 1 aliphatic carbocycles. The predicted octanol–water partition coefficient (Wildman–Crippen LogP) is 1.72. The fourth-order valence-corrected chi connectivity index (χ4v) is 2.02. The molecule has 2 unspecified atom stereocenters. The van der Waals surface area contributed by atoms with Crippen molar-refractivity contribution in [1.29, 1.82) is 0 Å². The molecule has 0 bridgehead atoms. The van der Waals surface area contributed by atoms with E-state index in [1.165, 1.54) is 7.11 Å². The summed E-state index contributed by atoms with van der Waals surface area (Å²) in [6, 6.07) is 0. The van der Waals surface area contributed by atoms with Crippen LogP contribution in [-0.4, -0.2) is 17.9 Å². The molecular weight excluding hydrogens is 196 g/mol. The molecule has 0 aromatic carbocycles. The summed E-state index contributed by atoms with van der Waals surface area (Å²) in [6.45, 7) is 0. The Morgan fingerprint density at radius 1 is 1.60 bits per heavy atom. The maximum atomic E-state index is 10.9. The van der Waals surface area contributed by atoms with Crippen LogP contribution in [0.1, 0.15) is 19.3 Å². The van der Waals surface area contributed by atoms with Crippen molar-refractivity contribution in [3.05, 3.63) is 0 Å². The maximum absolute atomic E-state index is 10.9. The number of carbonyl (C=O) groups is 1. The van der Waals surface area contributed by atoms with E-state index in [1.54, 1.807) is 0 Å². The number of carbonyl (C=O) groups excluding carboxylic acids is 1. The molecule has 2 atom stereocenters. The second-order valence-electron chi connectivity index (χ2n) is 2.63. The fourth-order valence-electron chi connectivity index (χ4n) is 1.31. The first kappa shape index (κ1) is 8.05. The third kappa shape index (κ3) is 1.72. The van der Waals surface area contributed by atoms with Crippen molar-refractivity contribution in [3.63, 3.8) is 0 Å². The Balaban J connectivity index is 2.37. The van der Waals surface area contributed by atoms with Crippen LogP contribution in [0.5, 0.6) is 0 Å². The third-order valence-corrected chi connectivity index (χ3v) is 2.73. The number of methoxy groups -OCH3 is 1. The highest BCUT2D eigenvalue weighted by atomic mass is 79.9. The molecule has 3 heteroatoms. The minimum Gasteiger partial charge on any atom is -0.469 e. The van der Waals surface area contributed by atoms with Crippen LogP contribution < -0.4 is 0 Å².